The zero-order valence-corrected chi connectivity index (χ0v) is 57.7. The van der Waals surface area contributed by atoms with Crippen molar-refractivity contribution in [2.24, 2.45) is 0 Å². The average molecular weight is 1390 g/mol. The van der Waals surface area contributed by atoms with E-state index in [9.17, 15) is 14.4 Å². The lowest BCUT2D eigenvalue weighted by Crippen LogP contribution is -2.50. The molecule has 5 aromatic carbocycles. The zero-order valence-electron chi connectivity index (χ0n) is 52.2. The molecule has 1 atom stereocenters. The van der Waals surface area contributed by atoms with Gasteiger partial charge in [0.05, 0.1) is 126 Å². The highest BCUT2D eigenvalue weighted by Gasteiger charge is 2.33. The average Bonchev–Trinajstić information content (AvgIpc) is 2.48. The molecule has 14 nitrogen and oxygen atoms in total. The number of thioether (sulfide) groups is 1. The Bertz CT molecular complexity index is 3520. The number of amides is 3. The number of ether oxygens (including phenoxy) is 4. The molecular weight excluding hydrogens is 1300 g/mol. The van der Waals surface area contributed by atoms with E-state index in [1.54, 1.807) is 42.7 Å². The second kappa shape index (κ2) is 31.9. The second-order valence-electron chi connectivity index (χ2n) is 25.4. The SMILES string of the molecule is C[N+](C)(Cc1ccc(CNC(=O)C2=Cc3cc(Cl)c(Cl)cc3OCC2)cc1)C1CCOCC1.C[N+](C)(Cc1ccc(NC(=O)C2=Cc3cc(Cl)c(Cl)cc3OCC2)cc1)C1CCSC1.C[N+](C)(Cc1ccc(NC(=O)c2cncc(Br)c2)cc1)C1CCOCC1. The van der Waals surface area contributed by atoms with Gasteiger partial charge in [0.1, 0.15) is 31.1 Å². The number of hydrogen-bond acceptors (Lipinski definition) is 9. The second-order valence-corrected chi connectivity index (χ2v) is 29.0. The van der Waals surface area contributed by atoms with Gasteiger partial charge in [0.15, 0.2) is 0 Å². The molecule has 0 aliphatic carbocycles. The predicted molar refractivity (Wildman–Crippen MR) is 370 cm³/mol. The summed E-state index contributed by atoms with van der Waals surface area (Å²) in [5.74, 6) is 3.40. The van der Waals surface area contributed by atoms with E-state index in [1.807, 2.05) is 48.2 Å². The van der Waals surface area contributed by atoms with Crippen LogP contribution >= 0.6 is 74.1 Å². The zero-order chi connectivity index (χ0) is 64.0. The number of nitrogens with zero attached hydrogens (tertiary/aromatic N) is 4. The molecule has 5 aliphatic rings. The Labute approximate surface area is 563 Å². The van der Waals surface area contributed by atoms with E-state index in [1.165, 1.54) is 34.6 Å². The number of quaternary nitrogens is 3. The van der Waals surface area contributed by atoms with Gasteiger partial charge in [0.2, 0.25) is 5.91 Å². The molecule has 1 unspecified atom stereocenters. The Morgan fingerprint density at radius 3 is 1.40 bits per heavy atom. The van der Waals surface area contributed by atoms with Gasteiger partial charge in [0.25, 0.3) is 11.8 Å². The molecule has 6 aromatic rings. The number of benzene rings is 5. The molecule has 5 aliphatic heterocycles. The minimum Gasteiger partial charge on any atom is -0.493 e. The van der Waals surface area contributed by atoms with Crippen LogP contribution in [-0.2, 0) is 45.2 Å². The molecule has 3 fully saturated rings. The topological polar surface area (TPSA) is 137 Å². The summed E-state index contributed by atoms with van der Waals surface area (Å²) < 4.78 is 26.2. The van der Waals surface area contributed by atoms with Crippen molar-refractivity contribution < 1.29 is 46.8 Å². The van der Waals surface area contributed by atoms with Gasteiger partial charge in [-0.05, 0) is 81.9 Å². The highest BCUT2D eigenvalue weighted by molar-refractivity contribution is 9.10. The molecule has 11 rings (SSSR count). The van der Waals surface area contributed by atoms with Crippen molar-refractivity contribution in [1.29, 1.82) is 0 Å². The molecule has 0 saturated carbocycles. The molecule has 90 heavy (non-hydrogen) atoms. The van der Waals surface area contributed by atoms with E-state index in [2.05, 4.69) is 128 Å². The Morgan fingerprint density at radius 1 is 0.522 bits per heavy atom. The van der Waals surface area contributed by atoms with Crippen LogP contribution in [0.5, 0.6) is 11.5 Å². The first kappa shape index (κ1) is 68.9. The fourth-order valence-corrected chi connectivity index (χ4v) is 14.5. The summed E-state index contributed by atoms with van der Waals surface area (Å²) in [6.07, 6.45) is 13.6. The number of rotatable bonds is 16. The summed E-state index contributed by atoms with van der Waals surface area (Å²) in [6.45, 7) is 7.69. The van der Waals surface area contributed by atoms with Crippen molar-refractivity contribution in [3.8, 4) is 11.5 Å². The predicted octanol–water partition coefficient (Wildman–Crippen LogP) is 15.0. The van der Waals surface area contributed by atoms with Gasteiger partial charge in [-0.3, -0.25) is 19.4 Å². The van der Waals surface area contributed by atoms with Gasteiger partial charge in [-0.2, -0.15) is 11.8 Å². The van der Waals surface area contributed by atoms with Gasteiger partial charge in [-0.25, -0.2) is 0 Å². The molecule has 3 amide bonds. The van der Waals surface area contributed by atoms with Crippen LogP contribution in [0.15, 0.2) is 131 Å². The highest BCUT2D eigenvalue weighted by Crippen LogP contribution is 2.37. The third kappa shape index (κ3) is 19.5. The standard InChI is InChI=1S/C26H30Cl2N2O3.C24H26Cl2N2O2S.C20H24BrN3O2/c1-30(2,22-8-10-32-11-9-22)17-19-5-3-18(4-6-19)16-29-26(31)20-7-12-33-25-15-24(28)23(27)14-21(25)13-20;1-28(2,20-8-10-31-15-20)14-16-3-5-19(6-4-16)27-24(29)17-7-9-30-23-13-22(26)21(25)12-18(23)11-17;1-24(2,19-7-9-26-10-8-19)14-15-3-5-18(6-4-15)23-20(25)16-11-17(21)13-22-12-16/h3-6,13-15,22H,7-12,16-17H2,1-2H3;3-6,11-13,20H,7-10,14-15H2,1-2H3;3-6,11-13,19H,7-10,14H2,1-2H3/p+3. The van der Waals surface area contributed by atoms with Crippen LogP contribution in [0.1, 0.15) is 88.7 Å². The molecular formula is C70H83BrCl4N7O7S+3. The normalized spacial score (nSPS) is 17.1. The van der Waals surface area contributed by atoms with Gasteiger partial charge < -0.3 is 48.3 Å². The van der Waals surface area contributed by atoms with Crippen molar-refractivity contribution in [2.45, 2.75) is 89.3 Å². The maximum absolute atomic E-state index is 12.9. The number of fused-ring (bicyclic) bond motifs is 2. The molecule has 0 spiro atoms. The van der Waals surface area contributed by atoms with Crippen LogP contribution in [0, 0.1) is 0 Å². The lowest BCUT2D eigenvalue weighted by molar-refractivity contribution is -0.929. The number of halogens is 5. The lowest BCUT2D eigenvalue weighted by Gasteiger charge is -2.40. The molecule has 1 aromatic heterocycles. The van der Waals surface area contributed by atoms with Gasteiger partial charge in [-0.1, -0.05) is 94.9 Å². The van der Waals surface area contributed by atoms with Crippen LogP contribution < -0.4 is 25.4 Å². The van der Waals surface area contributed by atoms with E-state index in [0.717, 1.165) is 118 Å². The van der Waals surface area contributed by atoms with Crippen LogP contribution in [0.4, 0.5) is 11.4 Å². The Kier molecular flexibility index (Phi) is 24.4. The van der Waals surface area contributed by atoms with Gasteiger partial charge in [-0.15, -0.1) is 0 Å². The number of carbonyl (C=O) groups excluding carboxylic acids is 3. The highest BCUT2D eigenvalue weighted by atomic mass is 79.9. The van der Waals surface area contributed by atoms with Crippen LogP contribution in [-0.4, -0.2) is 148 Å². The van der Waals surface area contributed by atoms with Crippen molar-refractivity contribution in [1.82, 2.24) is 10.3 Å². The molecule has 6 heterocycles. The Hall–Kier alpha value is -5.47. The smallest absolute Gasteiger partial charge is 0.257 e. The summed E-state index contributed by atoms with van der Waals surface area (Å²) in [4.78, 5) is 42.0. The summed E-state index contributed by atoms with van der Waals surface area (Å²) in [6, 6.07) is 35.4. The van der Waals surface area contributed by atoms with Crippen molar-refractivity contribution in [3.63, 3.8) is 0 Å². The minimum atomic E-state index is -0.162. The number of hydrogen-bond donors (Lipinski definition) is 3. The third-order valence-corrected chi connectivity index (χ3v) is 20.5. The first-order valence-electron chi connectivity index (χ1n) is 30.7. The molecule has 478 valence electrons. The number of carbonyl (C=O) groups is 3. The fraction of sp³-hybridized carbons (Fsp3) is 0.400. The monoisotopic (exact) mass is 1380 g/mol. The largest absolute Gasteiger partial charge is 0.493 e. The Morgan fingerprint density at radius 2 is 0.944 bits per heavy atom. The van der Waals surface area contributed by atoms with Crippen molar-refractivity contribution >= 4 is 115 Å². The quantitative estimate of drug-likeness (QED) is 0.0809. The van der Waals surface area contributed by atoms with Crippen molar-refractivity contribution in [3.05, 3.63) is 190 Å². The summed E-state index contributed by atoms with van der Waals surface area (Å²) in [5.41, 5.74) is 9.87. The molecule has 0 radical (unpaired) electrons. The number of nitrogens with one attached hydrogen (secondary N) is 3. The number of pyridine rings is 1. The molecule has 20 heteroatoms. The third-order valence-electron chi connectivity index (χ3n) is 17.5. The van der Waals surface area contributed by atoms with Gasteiger partial charge >= 0.3 is 0 Å². The van der Waals surface area contributed by atoms with Gasteiger partial charge in [0, 0.05) is 137 Å². The number of aromatic nitrogens is 1. The maximum atomic E-state index is 12.9. The van der Waals surface area contributed by atoms with Crippen LogP contribution in [0.25, 0.3) is 12.2 Å². The number of anilines is 2. The summed E-state index contributed by atoms with van der Waals surface area (Å²) in [5, 5.41) is 10.7. The molecule has 3 N–H and O–H groups in total. The maximum Gasteiger partial charge on any atom is 0.257 e. The van der Waals surface area contributed by atoms with Crippen molar-refractivity contribution in [2.75, 3.05) is 104 Å². The van der Waals surface area contributed by atoms with E-state index >= 15 is 0 Å². The van der Waals surface area contributed by atoms with Crippen LogP contribution in [0.3, 0.4) is 0 Å². The summed E-state index contributed by atoms with van der Waals surface area (Å²) in [7, 11) is 13.8. The molecule has 3 saturated heterocycles. The first-order chi connectivity index (χ1) is 43.1. The lowest BCUT2D eigenvalue weighted by atomic mass is 10.0. The fourth-order valence-electron chi connectivity index (χ4n) is 12.0. The van der Waals surface area contributed by atoms with E-state index in [0.29, 0.717) is 99.0 Å². The summed E-state index contributed by atoms with van der Waals surface area (Å²) >= 11 is 29.8. The minimum absolute atomic E-state index is 0.0982. The van der Waals surface area contributed by atoms with E-state index in [4.69, 9.17) is 65.4 Å². The first-order valence-corrected chi connectivity index (χ1v) is 34.2. The molecule has 0 bridgehead atoms. The Balaban J connectivity index is 0.000000161. The van der Waals surface area contributed by atoms with E-state index < -0.39 is 0 Å². The van der Waals surface area contributed by atoms with Crippen LogP contribution in [0.2, 0.25) is 20.1 Å². The van der Waals surface area contributed by atoms with E-state index in [-0.39, 0.29) is 17.7 Å².